The first-order valence-electron chi connectivity index (χ1n) is 4.99. The number of nitrogens with zero attached hydrogens (tertiary/aromatic N) is 1. The third-order valence-electron chi connectivity index (χ3n) is 2.13. The Kier molecular flexibility index (Phi) is 4.44. The summed E-state index contributed by atoms with van der Waals surface area (Å²) in [6.45, 7) is 0.484. The molecule has 0 saturated heterocycles. The maximum Gasteiger partial charge on any atom is 0.155 e. The molecule has 0 saturated carbocycles. The van der Waals surface area contributed by atoms with E-state index >= 15 is 0 Å². The number of benzene rings is 1. The molecule has 0 unspecified atom stereocenters. The molecule has 1 aromatic rings. The predicted molar refractivity (Wildman–Crippen MR) is 62.4 cm³/mol. The number of halogens is 1. The molecule has 0 aliphatic rings. The molecule has 1 aromatic carbocycles. The van der Waals surface area contributed by atoms with Crippen LogP contribution in [0.1, 0.15) is 5.56 Å². The Morgan fingerprint density at radius 1 is 1.31 bits per heavy atom. The van der Waals surface area contributed by atoms with Crippen LogP contribution < -0.4 is 0 Å². The van der Waals surface area contributed by atoms with Crippen molar-refractivity contribution in [1.82, 2.24) is 4.90 Å². The Labute approximate surface area is 95.8 Å². The fourth-order valence-electron chi connectivity index (χ4n) is 1.27. The fourth-order valence-corrected chi connectivity index (χ4v) is 2.75. The van der Waals surface area contributed by atoms with E-state index in [1.165, 1.54) is 18.2 Å². The third-order valence-corrected chi connectivity index (χ3v) is 3.70. The molecule has 1 rings (SSSR count). The van der Waals surface area contributed by atoms with E-state index < -0.39 is 15.7 Å². The first-order valence-corrected chi connectivity index (χ1v) is 6.81. The molecule has 0 fully saturated rings. The Morgan fingerprint density at radius 3 is 2.56 bits per heavy atom. The maximum absolute atomic E-state index is 12.9. The minimum absolute atomic E-state index is 0.0938. The van der Waals surface area contributed by atoms with E-state index in [0.29, 0.717) is 12.1 Å². The Hall–Kier alpha value is -0.940. The number of hydrogen-bond acceptors (Lipinski definition) is 3. The quantitative estimate of drug-likeness (QED) is 0.784. The van der Waals surface area contributed by atoms with E-state index in [4.69, 9.17) is 0 Å². The average molecular weight is 245 g/mol. The van der Waals surface area contributed by atoms with Gasteiger partial charge in [0.2, 0.25) is 0 Å². The van der Waals surface area contributed by atoms with Crippen molar-refractivity contribution in [3.8, 4) is 0 Å². The molecule has 16 heavy (non-hydrogen) atoms. The minimum atomic E-state index is -3.15. The van der Waals surface area contributed by atoms with Crippen molar-refractivity contribution >= 4 is 9.84 Å². The largest absolute Gasteiger partial charge is 0.308 e. The summed E-state index contributed by atoms with van der Waals surface area (Å²) in [6.07, 6.45) is 0. The SMILES string of the molecule is CN(C)CCS(=O)(=O)Cc1cccc(F)c1. The van der Waals surface area contributed by atoms with Gasteiger partial charge in [-0.15, -0.1) is 0 Å². The normalized spacial score (nSPS) is 12.0. The average Bonchev–Trinajstić information content (AvgIpc) is 2.14. The molecule has 0 atom stereocenters. The van der Waals surface area contributed by atoms with Gasteiger partial charge in [0.1, 0.15) is 5.82 Å². The van der Waals surface area contributed by atoms with Crippen molar-refractivity contribution in [1.29, 1.82) is 0 Å². The van der Waals surface area contributed by atoms with Crippen LogP contribution in [0, 0.1) is 5.82 Å². The van der Waals surface area contributed by atoms with Crippen LogP contribution >= 0.6 is 0 Å². The summed E-state index contributed by atoms with van der Waals surface area (Å²) in [5.74, 6) is -0.407. The van der Waals surface area contributed by atoms with Gasteiger partial charge in [0.05, 0.1) is 11.5 Å². The second-order valence-electron chi connectivity index (χ2n) is 4.03. The van der Waals surface area contributed by atoms with Crippen LogP contribution in [0.2, 0.25) is 0 Å². The second-order valence-corrected chi connectivity index (χ2v) is 6.21. The molecule has 0 N–H and O–H groups in total. The molecule has 3 nitrogen and oxygen atoms in total. The molecule has 0 heterocycles. The highest BCUT2D eigenvalue weighted by Crippen LogP contribution is 2.08. The Morgan fingerprint density at radius 2 is 2.00 bits per heavy atom. The number of sulfone groups is 1. The van der Waals surface area contributed by atoms with Crippen LogP contribution in [-0.2, 0) is 15.6 Å². The van der Waals surface area contributed by atoms with Crippen molar-refractivity contribution in [2.75, 3.05) is 26.4 Å². The third kappa shape index (κ3) is 4.72. The molecular weight excluding hydrogens is 229 g/mol. The lowest BCUT2D eigenvalue weighted by Crippen LogP contribution is -2.22. The van der Waals surface area contributed by atoms with Gasteiger partial charge in [-0.1, -0.05) is 12.1 Å². The van der Waals surface area contributed by atoms with Crippen molar-refractivity contribution in [2.45, 2.75) is 5.75 Å². The summed E-state index contributed by atoms with van der Waals surface area (Å²) in [5, 5.41) is 0. The van der Waals surface area contributed by atoms with Crippen molar-refractivity contribution in [2.24, 2.45) is 0 Å². The van der Waals surface area contributed by atoms with Gasteiger partial charge in [-0.05, 0) is 31.8 Å². The van der Waals surface area contributed by atoms with Crippen molar-refractivity contribution < 1.29 is 12.8 Å². The van der Waals surface area contributed by atoms with E-state index in [1.54, 1.807) is 6.07 Å². The fraction of sp³-hybridized carbons (Fsp3) is 0.455. The molecule has 0 aromatic heterocycles. The summed E-state index contributed by atoms with van der Waals surface area (Å²) in [5.41, 5.74) is 0.499. The highest BCUT2D eigenvalue weighted by atomic mass is 32.2. The highest BCUT2D eigenvalue weighted by molar-refractivity contribution is 7.90. The monoisotopic (exact) mass is 245 g/mol. The van der Waals surface area contributed by atoms with E-state index in [1.807, 2.05) is 19.0 Å². The van der Waals surface area contributed by atoms with Crippen LogP contribution in [0.5, 0.6) is 0 Å². The van der Waals surface area contributed by atoms with Crippen molar-refractivity contribution in [3.63, 3.8) is 0 Å². The Bertz CT molecular complexity index is 443. The molecule has 0 amide bonds. The lowest BCUT2D eigenvalue weighted by Gasteiger charge is -2.09. The van der Waals surface area contributed by atoms with Gasteiger partial charge < -0.3 is 4.90 Å². The van der Waals surface area contributed by atoms with Gasteiger partial charge in [0.15, 0.2) is 9.84 Å². The molecule has 0 radical (unpaired) electrons. The van der Waals surface area contributed by atoms with Gasteiger partial charge in [-0.25, -0.2) is 12.8 Å². The summed E-state index contributed by atoms with van der Waals surface area (Å²) >= 11 is 0. The topological polar surface area (TPSA) is 37.4 Å². The van der Waals surface area contributed by atoms with Crippen LogP contribution in [0.3, 0.4) is 0 Å². The van der Waals surface area contributed by atoms with Gasteiger partial charge >= 0.3 is 0 Å². The summed E-state index contributed by atoms with van der Waals surface area (Å²) in [4.78, 5) is 1.81. The van der Waals surface area contributed by atoms with Gasteiger partial charge in [-0.2, -0.15) is 0 Å². The van der Waals surface area contributed by atoms with E-state index in [2.05, 4.69) is 0 Å². The summed E-state index contributed by atoms with van der Waals surface area (Å²) in [7, 11) is 0.480. The number of rotatable bonds is 5. The van der Waals surface area contributed by atoms with Crippen LogP contribution in [0.4, 0.5) is 4.39 Å². The molecule has 5 heteroatoms. The number of hydrogen-bond donors (Lipinski definition) is 0. The second kappa shape index (κ2) is 5.41. The molecule has 0 aliphatic heterocycles. The molecule has 0 bridgehead atoms. The van der Waals surface area contributed by atoms with Gasteiger partial charge in [-0.3, -0.25) is 0 Å². The predicted octanol–water partition coefficient (Wildman–Crippen LogP) is 1.30. The highest BCUT2D eigenvalue weighted by Gasteiger charge is 2.12. The lowest BCUT2D eigenvalue weighted by atomic mass is 10.2. The van der Waals surface area contributed by atoms with E-state index in [9.17, 15) is 12.8 Å². The zero-order valence-electron chi connectivity index (χ0n) is 9.48. The van der Waals surface area contributed by atoms with Crippen LogP contribution in [-0.4, -0.2) is 39.7 Å². The molecule has 90 valence electrons. The van der Waals surface area contributed by atoms with E-state index in [-0.39, 0.29) is 11.5 Å². The summed E-state index contributed by atoms with van der Waals surface area (Å²) in [6, 6.07) is 5.70. The van der Waals surface area contributed by atoms with Crippen molar-refractivity contribution in [3.05, 3.63) is 35.6 Å². The van der Waals surface area contributed by atoms with E-state index in [0.717, 1.165) is 0 Å². The first kappa shape index (κ1) is 13.1. The zero-order chi connectivity index (χ0) is 12.2. The first-order chi connectivity index (χ1) is 7.39. The van der Waals surface area contributed by atoms with Gasteiger partial charge in [0, 0.05) is 6.54 Å². The smallest absolute Gasteiger partial charge is 0.155 e. The maximum atomic E-state index is 12.9. The standard InChI is InChI=1S/C11H16FNO2S/c1-13(2)6-7-16(14,15)9-10-4-3-5-11(12)8-10/h3-5,8H,6-7,9H2,1-2H3. The minimum Gasteiger partial charge on any atom is -0.308 e. The van der Waals surface area contributed by atoms with Crippen LogP contribution in [0.25, 0.3) is 0 Å². The van der Waals surface area contributed by atoms with Gasteiger partial charge in [0.25, 0.3) is 0 Å². The Balaban J connectivity index is 2.66. The summed E-state index contributed by atoms with van der Waals surface area (Å²) < 4.78 is 36.2. The molecule has 0 spiro atoms. The van der Waals surface area contributed by atoms with Crippen LogP contribution in [0.15, 0.2) is 24.3 Å². The molecule has 0 aliphatic carbocycles. The zero-order valence-corrected chi connectivity index (χ0v) is 10.3. The lowest BCUT2D eigenvalue weighted by molar-refractivity contribution is 0.432. The molecular formula is C11H16FNO2S.